The second-order valence-corrected chi connectivity index (χ2v) is 10.5. The molecule has 1 aromatic carbocycles. The number of aromatic nitrogens is 2. The molecule has 0 bridgehead atoms. The molecule has 1 aromatic heterocycles. The number of hydrogen-bond donors (Lipinski definition) is 1. The zero-order valence-corrected chi connectivity index (χ0v) is 18.7. The Morgan fingerprint density at radius 1 is 1.43 bits per heavy atom. The quantitative estimate of drug-likeness (QED) is 0.327. The van der Waals surface area contributed by atoms with Gasteiger partial charge in [0.25, 0.3) is 0 Å². The molecule has 1 heterocycles. The number of aryl methyl sites for hydroxylation is 1. The van der Waals surface area contributed by atoms with E-state index in [2.05, 4.69) is 22.1 Å². The van der Waals surface area contributed by atoms with Crippen molar-refractivity contribution < 1.29 is 13.2 Å². The number of carbonyl (C=O) groups excluding carboxylic acids is 1. The molecule has 0 aliphatic rings. The highest BCUT2D eigenvalue weighted by atomic mass is 35.5. The highest BCUT2D eigenvalue weighted by molar-refractivity contribution is 8.01. The lowest BCUT2D eigenvalue weighted by atomic mass is 10.2. The van der Waals surface area contributed by atoms with Crippen molar-refractivity contribution in [2.45, 2.75) is 24.1 Å². The maximum Gasteiger partial charge on any atom is 0.232 e. The second-order valence-electron chi connectivity index (χ2n) is 5.89. The minimum absolute atomic E-state index is 0.153. The first-order chi connectivity index (χ1) is 13.2. The fourth-order valence-electron chi connectivity index (χ4n) is 2.33. The Morgan fingerprint density at radius 2 is 2.18 bits per heavy atom. The molecule has 28 heavy (non-hydrogen) atoms. The van der Waals surface area contributed by atoms with Crippen LogP contribution in [-0.4, -0.2) is 43.1 Å². The Balaban J connectivity index is 1.95. The molecule has 0 aliphatic heterocycles. The third-order valence-corrected chi connectivity index (χ3v) is 6.97. The normalized spacial score (nSPS) is 11.2. The summed E-state index contributed by atoms with van der Waals surface area (Å²) in [6.07, 6.45) is 3.40. The van der Waals surface area contributed by atoms with Crippen LogP contribution in [0.3, 0.4) is 0 Å². The second kappa shape index (κ2) is 10.2. The molecule has 152 valence electrons. The minimum Gasteiger partial charge on any atom is -0.301 e. The number of hydrogen-bond acceptors (Lipinski definition) is 7. The van der Waals surface area contributed by atoms with Crippen LogP contribution < -0.4 is 9.62 Å². The molecular weight excluding hydrogens is 440 g/mol. The van der Waals surface area contributed by atoms with E-state index in [9.17, 15) is 13.2 Å². The summed E-state index contributed by atoms with van der Waals surface area (Å²) in [7, 11) is -3.51. The van der Waals surface area contributed by atoms with Crippen LogP contribution in [0.1, 0.15) is 18.4 Å². The Hall–Kier alpha value is -1.62. The lowest BCUT2D eigenvalue weighted by Crippen LogP contribution is -2.32. The molecule has 1 N–H and O–H groups in total. The number of amides is 1. The van der Waals surface area contributed by atoms with Crippen molar-refractivity contribution in [1.29, 1.82) is 0 Å². The van der Waals surface area contributed by atoms with E-state index in [1.165, 1.54) is 27.4 Å². The lowest BCUT2D eigenvalue weighted by molar-refractivity contribution is -0.116. The van der Waals surface area contributed by atoms with Crippen LogP contribution in [0.15, 0.2) is 35.2 Å². The number of halogens is 1. The Kier molecular flexibility index (Phi) is 8.29. The number of sulfonamides is 1. The van der Waals surface area contributed by atoms with Gasteiger partial charge in [-0.15, -0.1) is 16.8 Å². The summed E-state index contributed by atoms with van der Waals surface area (Å²) in [6.45, 7) is 5.62. The van der Waals surface area contributed by atoms with E-state index in [0.717, 1.165) is 16.2 Å². The van der Waals surface area contributed by atoms with Gasteiger partial charge in [0.05, 0.1) is 11.9 Å². The highest BCUT2D eigenvalue weighted by Gasteiger charge is 2.20. The smallest absolute Gasteiger partial charge is 0.232 e. The van der Waals surface area contributed by atoms with Crippen LogP contribution >= 0.6 is 34.7 Å². The van der Waals surface area contributed by atoms with Crippen molar-refractivity contribution in [3.63, 3.8) is 0 Å². The van der Waals surface area contributed by atoms with Gasteiger partial charge in [0, 0.05) is 23.7 Å². The lowest BCUT2D eigenvalue weighted by Gasteiger charge is -2.24. The number of thioether (sulfide) groups is 1. The van der Waals surface area contributed by atoms with Crippen molar-refractivity contribution in [3.05, 3.63) is 41.4 Å². The molecule has 11 heteroatoms. The van der Waals surface area contributed by atoms with E-state index >= 15 is 0 Å². The van der Waals surface area contributed by atoms with Crippen molar-refractivity contribution >= 4 is 61.4 Å². The summed E-state index contributed by atoms with van der Waals surface area (Å²) in [4.78, 5) is 12.1. The maximum atomic E-state index is 12.2. The van der Waals surface area contributed by atoms with Gasteiger partial charge in [-0.25, -0.2) is 8.42 Å². The van der Waals surface area contributed by atoms with Crippen molar-refractivity contribution in [2.24, 2.45) is 0 Å². The van der Waals surface area contributed by atoms with E-state index in [0.29, 0.717) is 28.0 Å². The zero-order chi connectivity index (χ0) is 20.7. The van der Waals surface area contributed by atoms with E-state index in [1.54, 1.807) is 24.3 Å². The maximum absolute atomic E-state index is 12.2. The van der Waals surface area contributed by atoms with Gasteiger partial charge in [-0.3, -0.25) is 9.10 Å². The van der Waals surface area contributed by atoms with Gasteiger partial charge >= 0.3 is 0 Å². The summed E-state index contributed by atoms with van der Waals surface area (Å²) in [5.74, 6) is 0.472. The van der Waals surface area contributed by atoms with Gasteiger partial charge in [-0.1, -0.05) is 46.8 Å². The first kappa shape index (κ1) is 22.7. The number of rotatable bonds is 10. The number of anilines is 2. The zero-order valence-electron chi connectivity index (χ0n) is 15.5. The molecule has 0 saturated heterocycles. The Morgan fingerprint density at radius 3 is 2.86 bits per heavy atom. The van der Waals surface area contributed by atoms with Crippen LogP contribution in [0.25, 0.3) is 0 Å². The van der Waals surface area contributed by atoms with Gasteiger partial charge in [-0.05, 0) is 31.0 Å². The average molecular weight is 461 g/mol. The molecule has 0 radical (unpaired) electrons. The van der Waals surface area contributed by atoms with Crippen LogP contribution in [0.2, 0.25) is 5.02 Å². The summed E-state index contributed by atoms with van der Waals surface area (Å²) in [5.41, 5.74) is 1.31. The molecule has 2 aromatic rings. The van der Waals surface area contributed by atoms with Gasteiger partial charge in [0.2, 0.25) is 21.1 Å². The van der Waals surface area contributed by atoms with Crippen LogP contribution in [-0.2, 0) is 14.8 Å². The van der Waals surface area contributed by atoms with Crippen molar-refractivity contribution in [1.82, 2.24) is 10.2 Å². The van der Waals surface area contributed by atoms with Gasteiger partial charge in [-0.2, -0.15) is 0 Å². The Labute approximate surface area is 178 Å². The standard InChI is InChI=1S/C17H21ClN4O3S3/c1-4-10-26-17-21-20-16(27-17)19-15(23)6-5-9-22(28(3,24)25)14-11-13(18)8-7-12(14)2/h4,7-8,11H,1,5-6,9-10H2,2-3H3,(H,19,20,23). The van der Waals surface area contributed by atoms with E-state index < -0.39 is 10.0 Å². The van der Waals surface area contributed by atoms with Crippen LogP contribution in [0, 0.1) is 6.92 Å². The third-order valence-electron chi connectivity index (χ3n) is 3.58. The molecule has 0 fully saturated rings. The molecule has 2 rings (SSSR count). The topological polar surface area (TPSA) is 92.3 Å². The molecule has 7 nitrogen and oxygen atoms in total. The van der Waals surface area contributed by atoms with Gasteiger partial charge < -0.3 is 5.32 Å². The number of nitrogens with one attached hydrogen (secondary N) is 1. The SMILES string of the molecule is C=CCSc1nnc(NC(=O)CCCN(c2cc(Cl)ccc2C)S(C)(=O)=O)s1. The predicted molar refractivity (Wildman–Crippen MR) is 117 cm³/mol. The van der Waals surface area contributed by atoms with Crippen molar-refractivity contribution in [2.75, 3.05) is 28.2 Å². The molecule has 0 spiro atoms. The molecule has 1 amide bonds. The number of benzene rings is 1. The fourth-order valence-corrected chi connectivity index (χ4v) is 5.04. The first-order valence-corrected chi connectivity index (χ1v) is 12.3. The van der Waals surface area contributed by atoms with E-state index in [1.807, 2.05) is 6.92 Å². The van der Waals surface area contributed by atoms with Crippen LogP contribution in [0.5, 0.6) is 0 Å². The largest absolute Gasteiger partial charge is 0.301 e. The minimum atomic E-state index is -3.51. The predicted octanol–water partition coefficient (Wildman–Crippen LogP) is 3.96. The number of nitrogens with zero attached hydrogens (tertiary/aromatic N) is 3. The fraction of sp³-hybridized carbons (Fsp3) is 0.353. The average Bonchev–Trinajstić information content (AvgIpc) is 3.05. The van der Waals surface area contributed by atoms with Gasteiger partial charge in [0.15, 0.2) is 4.34 Å². The highest BCUT2D eigenvalue weighted by Crippen LogP contribution is 2.27. The molecule has 0 atom stereocenters. The molecule has 0 aliphatic carbocycles. The van der Waals surface area contributed by atoms with Crippen molar-refractivity contribution in [3.8, 4) is 0 Å². The first-order valence-electron chi connectivity index (χ1n) is 8.31. The monoisotopic (exact) mass is 460 g/mol. The van der Waals surface area contributed by atoms with E-state index in [4.69, 9.17) is 11.6 Å². The number of carbonyl (C=O) groups is 1. The summed E-state index contributed by atoms with van der Waals surface area (Å²) in [6, 6.07) is 5.08. The molecule has 0 saturated carbocycles. The third kappa shape index (κ3) is 6.77. The Bertz CT molecular complexity index is 947. The molecular formula is C17H21ClN4O3S3. The summed E-state index contributed by atoms with van der Waals surface area (Å²) in [5, 5.41) is 11.5. The summed E-state index contributed by atoms with van der Waals surface area (Å²) < 4.78 is 26.4. The van der Waals surface area contributed by atoms with Gasteiger partial charge in [0.1, 0.15) is 0 Å². The van der Waals surface area contributed by atoms with Crippen LogP contribution in [0.4, 0.5) is 10.8 Å². The molecule has 0 unspecified atom stereocenters. The van der Waals surface area contributed by atoms with E-state index in [-0.39, 0.29) is 18.9 Å². The summed E-state index contributed by atoms with van der Waals surface area (Å²) >= 11 is 8.78.